The van der Waals surface area contributed by atoms with E-state index in [0.29, 0.717) is 11.7 Å². The molecule has 0 bridgehead atoms. The fraction of sp³-hybridized carbons (Fsp3) is 0.0909. The molecule has 0 amide bonds. The van der Waals surface area contributed by atoms with Gasteiger partial charge in [0.05, 0.1) is 22.4 Å². The van der Waals surface area contributed by atoms with E-state index in [9.17, 15) is 0 Å². The van der Waals surface area contributed by atoms with E-state index in [1.165, 1.54) is 70.2 Å². The van der Waals surface area contributed by atoms with Crippen molar-refractivity contribution >= 4 is 43.2 Å². The topological polar surface area (TPSA) is 62.5 Å². The number of aliphatic imine (C=N–C) groups is 2. The number of nitrogens with one attached hydrogen (secondary N) is 1. The minimum absolute atomic E-state index is 0.241. The van der Waals surface area contributed by atoms with Gasteiger partial charge in [0.15, 0.2) is 11.7 Å². The Bertz CT molecular complexity index is 4100. The first-order valence-corrected chi connectivity index (χ1v) is 25.5. The summed E-state index contributed by atoms with van der Waals surface area (Å²) in [6.07, 6.45) is 0.400. The van der Waals surface area contributed by atoms with Crippen molar-refractivity contribution < 1.29 is 0 Å². The molecule has 2 aromatic heterocycles. The van der Waals surface area contributed by atoms with Gasteiger partial charge in [-0.15, -0.1) is 11.3 Å². The fourth-order valence-electron chi connectivity index (χ4n) is 12.5. The standard InChI is InChI=1S/C66H43N5S/c1-65(2)51-26-12-14-28-53(51)66(54-29-15-13-27-52(54)65)50-35-33-43(37-48(50)58-47(25-17-30-55(58)66)64-70-61(39-18-5-3-6-19-39)69-62(71-64)40-20-7-4-8-21-40)63-67-59(49-36-41-22-9-10-23-44(41)60(49)68-63)42-32-34-46-45-24-11-16-31-56(45)72-57(46)38-42/h3-7,9-20,22-35,37-38,61H,36H2,1-2H3,(H,69,70,71). The maximum absolute atomic E-state index is 5.64. The van der Waals surface area contributed by atoms with Crippen molar-refractivity contribution in [3.05, 3.63) is 274 Å². The molecular weight excluding hydrogens is 895 g/mol. The summed E-state index contributed by atoms with van der Waals surface area (Å²) in [5, 5.41) is 6.40. The number of rotatable bonds is 5. The van der Waals surface area contributed by atoms with E-state index in [-0.39, 0.29) is 11.6 Å². The Morgan fingerprint density at radius 2 is 1.25 bits per heavy atom. The Morgan fingerprint density at radius 3 is 2.07 bits per heavy atom. The van der Waals surface area contributed by atoms with E-state index < -0.39 is 5.41 Å². The molecule has 1 aliphatic heterocycles. The summed E-state index contributed by atoms with van der Waals surface area (Å²) in [4.78, 5) is 21.8. The summed E-state index contributed by atoms with van der Waals surface area (Å²) >= 11 is 1.84. The highest BCUT2D eigenvalue weighted by Gasteiger charge is 2.54. The van der Waals surface area contributed by atoms with Gasteiger partial charge < -0.3 is 5.32 Å². The second kappa shape index (κ2) is 15.4. The lowest BCUT2D eigenvalue weighted by molar-refractivity contribution is 0.563. The van der Waals surface area contributed by atoms with Gasteiger partial charge in [0.1, 0.15) is 12.0 Å². The molecule has 3 aliphatic carbocycles. The van der Waals surface area contributed by atoms with Crippen LogP contribution in [0.15, 0.2) is 210 Å². The van der Waals surface area contributed by atoms with Crippen molar-refractivity contribution in [2.75, 3.05) is 0 Å². The molecule has 338 valence electrons. The van der Waals surface area contributed by atoms with Gasteiger partial charge in [0, 0.05) is 59.8 Å². The van der Waals surface area contributed by atoms with E-state index in [1.807, 2.05) is 35.6 Å². The third-order valence-corrected chi connectivity index (χ3v) is 16.9. The Morgan fingerprint density at radius 1 is 0.556 bits per heavy atom. The largest absolute Gasteiger partial charge is 0.344 e. The monoisotopic (exact) mass is 937 g/mol. The highest BCUT2D eigenvalue weighted by atomic mass is 32.1. The predicted molar refractivity (Wildman–Crippen MR) is 293 cm³/mol. The van der Waals surface area contributed by atoms with Gasteiger partial charge >= 0.3 is 0 Å². The molecule has 72 heavy (non-hydrogen) atoms. The zero-order valence-corrected chi connectivity index (χ0v) is 40.4. The highest BCUT2D eigenvalue weighted by molar-refractivity contribution is 7.25. The van der Waals surface area contributed by atoms with E-state index in [1.54, 1.807) is 0 Å². The number of thiophene rings is 1. The number of benzene rings is 8. The van der Waals surface area contributed by atoms with Crippen molar-refractivity contribution in [2.45, 2.75) is 37.3 Å². The van der Waals surface area contributed by atoms with Crippen molar-refractivity contribution in [1.29, 1.82) is 0 Å². The molecule has 1 unspecified atom stereocenters. The quantitative estimate of drug-likeness (QED) is 0.187. The summed E-state index contributed by atoms with van der Waals surface area (Å²) < 4.78 is 2.55. The van der Waals surface area contributed by atoms with Crippen LogP contribution in [0.4, 0.5) is 0 Å². The molecule has 1 spiro atoms. The first-order chi connectivity index (χ1) is 35.4. The van der Waals surface area contributed by atoms with E-state index >= 15 is 0 Å². The minimum atomic E-state index is -0.641. The van der Waals surface area contributed by atoms with E-state index in [2.05, 4.69) is 207 Å². The first kappa shape index (κ1) is 41.1. The first-order valence-electron chi connectivity index (χ1n) is 24.7. The average Bonchev–Trinajstić information content (AvgIpc) is 4.11. The van der Waals surface area contributed by atoms with E-state index in [4.69, 9.17) is 20.0 Å². The third-order valence-electron chi connectivity index (χ3n) is 15.7. The van der Waals surface area contributed by atoms with E-state index in [0.717, 1.165) is 62.6 Å². The predicted octanol–water partition coefficient (Wildman–Crippen LogP) is 14.8. The number of aromatic nitrogens is 2. The van der Waals surface area contributed by atoms with Crippen molar-refractivity contribution in [2.24, 2.45) is 9.98 Å². The molecule has 4 aliphatic rings. The Balaban J connectivity index is 0.992. The second-order valence-electron chi connectivity index (χ2n) is 19.9. The van der Waals surface area contributed by atoms with Crippen LogP contribution in [-0.2, 0) is 17.3 Å². The fourth-order valence-corrected chi connectivity index (χ4v) is 13.6. The maximum Gasteiger partial charge on any atom is 0.167 e. The molecule has 9 aromatic carbocycles. The molecular formula is C66H43N5S. The average molecular weight is 938 g/mol. The Kier molecular flexibility index (Phi) is 8.76. The zero-order valence-electron chi connectivity index (χ0n) is 39.5. The zero-order chi connectivity index (χ0) is 47.7. The van der Waals surface area contributed by atoms with Gasteiger partial charge in [0.2, 0.25) is 0 Å². The highest BCUT2D eigenvalue weighted by Crippen LogP contribution is 2.63. The van der Waals surface area contributed by atoms with Crippen LogP contribution in [0, 0.1) is 12.1 Å². The lowest BCUT2D eigenvalue weighted by Gasteiger charge is -2.46. The van der Waals surface area contributed by atoms with Crippen LogP contribution < -0.4 is 5.32 Å². The van der Waals surface area contributed by atoms with Crippen LogP contribution in [0.2, 0.25) is 0 Å². The van der Waals surface area contributed by atoms with Crippen molar-refractivity contribution in [1.82, 2.24) is 15.3 Å². The molecule has 1 atom stereocenters. The van der Waals surface area contributed by atoms with Crippen LogP contribution in [-0.4, -0.2) is 21.6 Å². The summed E-state index contributed by atoms with van der Waals surface area (Å²) in [5.74, 6) is 2.06. The number of fused-ring (bicyclic) bond motifs is 15. The van der Waals surface area contributed by atoms with Gasteiger partial charge in [-0.05, 0) is 86.0 Å². The minimum Gasteiger partial charge on any atom is -0.344 e. The number of nitrogens with zero attached hydrogens (tertiary/aromatic N) is 4. The molecule has 11 aromatic rings. The van der Waals surface area contributed by atoms with Crippen LogP contribution in [0.5, 0.6) is 0 Å². The maximum atomic E-state index is 5.64. The van der Waals surface area contributed by atoms with Crippen LogP contribution in [0.3, 0.4) is 0 Å². The Labute approximate surface area is 422 Å². The van der Waals surface area contributed by atoms with Gasteiger partial charge in [-0.2, -0.15) is 0 Å². The summed E-state index contributed by atoms with van der Waals surface area (Å²) in [6, 6.07) is 79.0. The van der Waals surface area contributed by atoms with Crippen LogP contribution >= 0.6 is 11.3 Å². The molecule has 0 saturated carbocycles. The lowest BCUT2D eigenvalue weighted by atomic mass is 9.55. The van der Waals surface area contributed by atoms with Crippen molar-refractivity contribution in [3.8, 4) is 45.0 Å². The summed E-state index contributed by atoms with van der Waals surface area (Å²) in [6.45, 7) is 4.74. The number of hydrogen-bond donors (Lipinski definition) is 1. The molecule has 1 N–H and O–H groups in total. The lowest BCUT2D eigenvalue weighted by Crippen LogP contribution is -2.40. The molecule has 15 rings (SSSR count). The van der Waals surface area contributed by atoms with Crippen LogP contribution in [0.25, 0.3) is 65.2 Å². The summed E-state index contributed by atoms with van der Waals surface area (Å²) in [7, 11) is 0. The molecule has 0 fully saturated rings. The second-order valence-corrected chi connectivity index (χ2v) is 21.0. The van der Waals surface area contributed by atoms with Gasteiger partial charge in [-0.25, -0.2) is 20.0 Å². The SMILES string of the molecule is CC1(C)c2ccccc2C2(c3ccc(-c4nc(-c5ccc6c(c5)sc5ccccc56)c5c(n4)-c4ccccc4C5)cc3-c3c(C4=NC(c5c#cccc5)=NC(c5ccccc5)N4)cccc32)c2ccccc21. The summed E-state index contributed by atoms with van der Waals surface area (Å²) in [5.41, 5.74) is 19.5. The van der Waals surface area contributed by atoms with Gasteiger partial charge in [-0.1, -0.05) is 196 Å². The third kappa shape index (κ3) is 5.83. The van der Waals surface area contributed by atoms with Gasteiger partial charge in [0.25, 0.3) is 0 Å². The van der Waals surface area contributed by atoms with Crippen molar-refractivity contribution in [3.63, 3.8) is 0 Å². The Hall–Kier alpha value is -8.76. The number of hydrogen-bond acceptors (Lipinski definition) is 6. The molecule has 5 nitrogen and oxygen atoms in total. The molecule has 6 heteroatoms. The van der Waals surface area contributed by atoms with Crippen LogP contribution in [0.1, 0.15) is 81.2 Å². The number of amidine groups is 2. The smallest absolute Gasteiger partial charge is 0.167 e. The molecule has 3 heterocycles. The molecule has 0 radical (unpaired) electrons. The van der Waals surface area contributed by atoms with Gasteiger partial charge in [-0.3, -0.25) is 0 Å². The normalized spacial score (nSPS) is 16.1. The molecule has 0 saturated heterocycles.